The molecule has 0 fully saturated rings. The molecule has 0 aliphatic carbocycles. The first-order chi connectivity index (χ1) is 16.0. The van der Waals surface area contributed by atoms with Crippen LogP contribution < -0.4 is 14.8 Å². The number of halogens is 1. The largest absolute Gasteiger partial charge is 0.493 e. The standard InChI is InChI=1S/C26H25FN2O4/c1-32-22-14-18-11-12-29(24(30)16-28-26(31)19-9-6-10-20(27)13-19)25(17-7-4-3-5-8-17)21(18)15-23(22)33-2/h3-10,13-15,25H,11-12,16H2,1-2H3,(H,28,31). The lowest BCUT2D eigenvalue weighted by molar-refractivity contribution is -0.132. The highest BCUT2D eigenvalue weighted by Crippen LogP contribution is 2.40. The van der Waals surface area contributed by atoms with Crippen molar-refractivity contribution in [3.8, 4) is 11.5 Å². The summed E-state index contributed by atoms with van der Waals surface area (Å²) in [5.41, 5.74) is 3.16. The zero-order chi connectivity index (χ0) is 23.4. The zero-order valence-electron chi connectivity index (χ0n) is 18.5. The van der Waals surface area contributed by atoms with Gasteiger partial charge in [0.1, 0.15) is 5.82 Å². The molecule has 7 heteroatoms. The van der Waals surface area contributed by atoms with Crippen LogP contribution in [-0.2, 0) is 11.2 Å². The first-order valence-electron chi connectivity index (χ1n) is 10.6. The first kappa shape index (κ1) is 22.3. The highest BCUT2D eigenvalue weighted by Gasteiger charge is 2.33. The van der Waals surface area contributed by atoms with Crippen LogP contribution in [0.25, 0.3) is 0 Å². The number of ether oxygens (including phenoxy) is 2. The van der Waals surface area contributed by atoms with Gasteiger partial charge in [0.2, 0.25) is 5.91 Å². The summed E-state index contributed by atoms with van der Waals surface area (Å²) >= 11 is 0. The number of fused-ring (bicyclic) bond motifs is 1. The van der Waals surface area contributed by atoms with Gasteiger partial charge in [0.05, 0.1) is 26.8 Å². The van der Waals surface area contributed by atoms with E-state index in [1.165, 1.54) is 18.2 Å². The molecule has 2 amide bonds. The summed E-state index contributed by atoms with van der Waals surface area (Å²) in [5, 5.41) is 2.62. The van der Waals surface area contributed by atoms with Crippen molar-refractivity contribution in [3.05, 3.63) is 94.8 Å². The van der Waals surface area contributed by atoms with Gasteiger partial charge in [-0.3, -0.25) is 9.59 Å². The van der Waals surface area contributed by atoms with Crippen LogP contribution in [0.4, 0.5) is 4.39 Å². The average molecular weight is 448 g/mol. The molecule has 33 heavy (non-hydrogen) atoms. The molecule has 1 aliphatic rings. The third-order valence-electron chi connectivity index (χ3n) is 5.80. The minimum atomic E-state index is -0.505. The Labute approximate surface area is 191 Å². The van der Waals surface area contributed by atoms with Gasteiger partial charge in [0.25, 0.3) is 5.91 Å². The van der Waals surface area contributed by atoms with Gasteiger partial charge in [-0.2, -0.15) is 0 Å². The lowest BCUT2D eigenvalue weighted by Gasteiger charge is -2.38. The Bertz CT molecular complexity index is 1170. The minimum absolute atomic E-state index is 0.170. The molecule has 0 aromatic heterocycles. The van der Waals surface area contributed by atoms with E-state index >= 15 is 0 Å². The number of benzene rings is 3. The van der Waals surface area contributed by atoms with E-state index in [9.17, 15) is 14.0 Å². The fourth-order valence-corrected chi connectivity index (χ4v) is 4.20. The molecule has 0 spiro atoms. The van der Waals surface area contributed by atoms with Gasteiger partial charge in [-0.15, -0.1) is 0 Å². The molecule has 0 saturated carbocycles. The molecule has 1 heterocycles. The van der Waals surface area contributed by atoms with Crippen molar-refractivity contribution in [2.75, 3.05) is 27.3 Å². The molecule has 170 valence electrons. The van der Waals surface area contributed by atoms with Crippen molar-refractivity contribution in [1.29, 1.82) is 0 Å². The van der Waals surface area contributed by atoms with Crippen molar-refractivity contribution in [3.63, 3.8) is 0 Å². The third-order valence-corrected chi connectivity index (χ3v) is 5.80. The van der Waals surface area contributed by atoms with E-state index in [1.54, 1.807) is 19.1 Å². The second-order valence-electron chi connectivity index (χ2n) is 7.75. The fourth-order valence-electron chi connectivity index (χ4n) is 4.20. The van der Waals surface area contributed by atoms with Gasteiger partial charge in [-0.25, -0.2) is 4.39 Å². The van der Waals surface area contributed by atoms with E-state index in [4.69, 9.17) is 9.47 Å². The molecule has 3 aromatic rings. The van der Waals surface area contributed by atoms with Crippen LogP contribution in [0.1, 0.15) is 33.1 Å². The number of carbonyl (C=O) groups excluding carboxylic acids is 2. The van der Waals surface area contributed by atoms with Crippen LogP contribution in [0.3, 0.4) is 0 Å². The molecule has 3 aromatic carbocycles. The summed E-state index contributed by atoms with van der Waals surface area (Å²) < 4.78 is 24.4. The Morgan fingerprint density at radius 3 is 2.42 bits per heavy atom. The lowest BCUT2D eigenvalue weighted by Crippen LogP contribution is -2.45. The molecular formula is C26H25FN2O4. The van der Waals surface area contributed by atoms with Crippen molar-refractivity contribution in [2.24, 2.45) is 0 Å². The minimum Gasteiger partial charge on any atom is -0.493 e. The summed E-state index contributed by atoms with van der Waals surface area (Å²) in [6, 6.07) is 18.6. The molecule has 6 nitrogen and oxygen atoms in total. The van der Waals surface area contributed by atoms with Crippen molar-refractivity contribution >= 4 is 11.8 Å². The van der Waals surface area contributed by atoms with Crippen LogP contribution in [0.15, 0.2) is 66.7 Å². The van der Waals surface area contributed by atoms with Gasteiger partial charge in [0.15, 0.2) is 11.5 Å². The van der Waals surface area contributed by atoms with E-state index in [0.29, 0.717) is 24.5 Å². The quantitative estimate of drug-likeness (QED) is 0.624. The van der Waals surface area contributed by atoms with Crippen molar-refractivity contribution in [1.82, 2.24) is 10.2 Å². The lowest BCUT2D eigenvalue weighted by atomic mass is 9.87. The monoisotopic (exact) mass is 448 g/mol. The smallest absolute Gasteiger partial charge is 0.251 e. The second-order valence-corrected chi connectivity index (χ2v) is 7.75. The summed E-state index contributed by atoms with van der Waals surface area (Å²) in [4.78, 5) is 27.4. The summed E-state index contributed by atoms with van der Waals surface area (Å²) in [6.45, 7) is 0.290. The Hall–Kier alpha value is -3.87. The van der Waals surface area contributed by atoms with Gasteiger partial charge in [0, 0.05) is 12.1 Å². The van der Waals surface area contributed by atoms with Crippen LogP contribution in [-0.4, -0.2) is 44.0 Å². The molecule has 1 aliphatic heterocycles. The maximum Gasteiger partial charge on any atom is 0.251 e. The summed E-state index contributed by atoms with van der Waals surface area (Å²) in [5.74, 6) is 0.00294. The van der Waals surface area contributed by atoms with Crippen molar-refractivity contribution < 1.29 is 23.5 Å². The zero-order valence-corrected chi connectivity index (χ0v) is 18.5. The number of rotatable bonds is 6. The van der Waals surface area contributed by atoms with Crippen LogP contribution >= 0.6 is 0 Å². The van der Waals surface area contributed by atoms with Crippen LogP contribution in [0.5, 0.6) is 11.5 Å². The van der Waals surface area contributed by atoms with E-state index in [0.717, 1.165) is 22.8 Å². The van der Waals surface area contributed by atoms with E-state index in [1.807, 2.05) is 42.5 Å². The topological polar surface area (TPSA) is 67.9 Å². The molecule has 1 N–H and O–H groups in total. The van der Waals surface area contributed by atoms with E-state index < -0.39 is 11.7 Å². The predicted octanol–water partition coefficient (Wildman–Crippen LogP) is 3.75. The Morgan fingerprint density at radius 1 is 1.00 bits per heavy atom. The Morgan fingerprint density at radius 2 is 1.73 bits per heavy atom. The molecule has 1 unspecified atom stereocenters. The average Bonchev–Trinajstić information content (AvgIpc) is 2.85. The number of nitrogens with zero attached hydrogens (tertiary/aromatic N) is 1. The van der Waals surface area contributed by atoms with E-state index in [-0.39, 0.29) is 24.1 Å². The summed E-state index contributed by atoms with van der Waals surface area (Å²) in [6.07, 6.45) is 0.641. The first-order valence-corrected chi connectivity index (χ1v) is 10.6. The van der Waals surface area contributed by atoms with Gasteiger partial charge < -0.3 is 19.7 Å². The maximum absolute atomic E-state index is 13.4. The number of methoxy groups -OCH3 is 2. The third kappa shape index (κ3) is 4.67. The molecule has 4 rings (SSSR count). The van der Waals surface area contributed by atoms with E-state index in [2.05, 4.69) is 5.32 Å². The predicted molar refractivity (Wildman–Crippen MR) is 122 cm³/mol. The molecule has 1 atom stereocenters. The number of hydrogen-bond acceptors (Lipinski definition) is 4. The SMILES string of the molecule is COc1cc2c(cc1OC)C(c1ccccc1)N(C(=O)CNC(=O)c1cccc(F)c1)CC2. The highest BCUT2D eigenvalue weighted by atomic mass is 19.1. The summed E-state index contributed by atoms with van der Waals surface area (Å²) in [7, 11) is 3.17. The van der Waals surface area contributed by atoms with Gasteiger partial charge >= 0.3 is 0 Å². The number of nitrogens with one attached hydrogen (secondary N) is 1. The number of hydrogen-bond donors (Lipinski definition) is 1. The fraction of sp³-hybridized carbons (Fsp3) is 0.231. The molecule has 0 saturated heterocycles. The van der Waals surface area contributed by atoms with Crippen LogP contribution in [0, 0.1) is 5.82 Å². The number of carbonyl (C=O) groups is 2. The Balaban J connectivity index is 1.62. The molecule has 0 bridgehead atoms. The van der Waals surface area contributed by atoms with Crippen LogP contribution in [0.2, 0.25) is 0 Å². The van der Waals surface area contributed by atoms with Crippen molar-refractivity contribution in [2.45, 2.75) is 12.5 Å². The molecule has 0 radical (unpaired) electrons. The maximum atomic E-state index is 13.4. The van der Waals surface area contributed by atoms with Gasteiger partial charge in [-0.1, -0.05) is 36.4 Å². The Kier molecular flexibility index (Phi) is 6.58. The highest BCUT2D eigenvalue weighted by molar-refractivity contribution is 5.96. The normalized spacial score (nSPS) is 14.9. The number of amides is 2. The second kappa shape index (κ2) is 9.73. The van der Waals surface area contributed by atoms with Gasteiger partial charge in [-0.05, 0) is 53.4 Å². The molecular weight excluding hydrogens is 423 g/mol.